The summed E-state index contributed by atoms with van der Waals surface area (Å²) in [5.74, 6) is 1.02. The van der Waals surface area contributed by atoms with Gasteiger partial charge in [-0.3, -0.25) is 0 Å². The predicted octanol–water partition coefficient (Wildman–Crippen LogP) is 1.66. The number of nitrogens with zero attached hydrogens (tertiary/aromatic N) is 2. The van der Waals surface area contributed by atoms with Crippen molar-refractivity contribution in [1.29, 1.82) is 0 Å². The first kappa shape index (κ1) is 11.3. The van der Waals surface area contributed by atoms with E-state index in [0.717, 1.165) is 24.5 Å². The Kier molecular flexibility index (Phi) is 2.80. The van der Waals surface area contributed by atoms with E-state index in [0.29, 0.717) is 0 Å². The molecule has 1 aromatic heterocycles. The lowest BCUT2D eigenvalue weighted by atomic mass is 10.0. The molecule has 1 aromatic carbocycles. The molecule has 0 saturated heterocycles. The van der Waals surface area contributed by atoms with Crippen molar-refractivity contribution in [3.63, 3.8) is 0 Å². The van der Waals surface area contributed by atoms with Gasteiger partial charge in [0.05, 0.1) is 24.7 Å². The van der Waals surface area contributed by atoms with Crippen LogP contribution in [-0.4, -0.2) is 23.2 Å². The summed E-state index contributed by atoms with van der Waals surface area (Å²) in [7, 11) is 3.95. The van der Waals surface area contributed by atoms with Gasteiger partial charge in [0.1, 0.15) is 5.75 Å². The van der Waals surface area contributed by atoms with Crippen LogP contribution < -0.4 is 10.1 Å². The molecule has 1 aliphatic rings. The van der Waals surface area contributed by atoms with E-state index in [2.05, 4.69) is 28.5 Å². The number of fused-ring (bicyclic) bond motifs is 1. The van der Waals surface area contributed by atoms with E-state index in [-0.39, 0.29) is 6.04 Å². The van der Waals surface area contributed by atoms with Gasteiger partial charge >= 0.3 is 0 Å². The van der Waals surface area contributed by atoms with E-state index in [1.54, 1.807) is 0 Å². The topological polar surface area (TPSA) is 39.1 Å². The van der Waals surface area contributed by atoms with Crippen LogP contribution in [0.4, 0.5) is 0 Å². The summed E-state index contributed by atoms with van der Waals surface area (Å²) in [6, 6.07) is 6.53. The minimum Gasteiger partial charge on any atom is -0.493 e. The maximum absolute atomic E-state index is 5.54. The molecule has 1 atom stereocenters. The first-order valence-corrected chi connectivity index (χ1v) is 6.18. The molecular formula is C14H17N3O. The molecule has 1 aliphatic heterocycles. The molecule has 0 radical (unpaired) electrons. The van der Waals surface area contributed by atoms with Gasteiger partial charge in [-0.25, -0.2) is 4.98 Å². The molecule has 4 nitrogen and oxygen atoms in total. The Morgan fingerprint density at radius 2 is 2.33 bits per heavy atom. The minimum atomic E-state index is 0.136. The van der Waals surface area contributed by atoms with Crippen molar-refractivity contribution in [3.8, 4) is 5.75 Å². The van der Waals surface area contributed by atoms with Crippen molar-refractivity contribution >= 4 is 0 Å². The molecule has 18 heavy (non-hydrogen) atoms. The van der Waals surface area contributed by atoms with Crippen LogP contribution in [0.3, 0.4) is 0 Å². The SMILES string of the molecule is CNC(c1ccc2c(c1)CCO2)c1cn(C)cn1. The second kappa shape index (κ2) is 4.46. The Balaban J connectivity index is 1.96. The van der Waals surface area contributed by atoms with Crippen molar-refractivity contribution in [1.82, 2.24) is 14.9 Å². The fourth-order valence-electron chi connectivity index (χ4n) is 2.45. The van der Waals surface area contributed by atoms with Crippen LogP contribution in [0.15, 0.2) is 30.7 Å². The third-order valence-corrected chi connectivity index (χ3v) is 3.36. The molecule has 3 rings (SSSR count). The predicted molar refractivity (Wildman–Crippen MR) is 69.8 cm³/mol. The average Bonchev–Trinajstić information content (AvgIpc) is 2.99. The fraction of sp³-hybridized carbons (Fsp3) is 0.357. The molecule has 0 fully saturated rings. The highest BCUT2D eigenvalue weighted by atomic mass is 16.5. The number of benzene rings is 1. The molecule has 2 heterocycles. The number of nitrogens with one attached hydrogen (secondary N) is 1. The molecule has 94 valence electrons. The van der Waals surface area contributed by atoms with Gasteiger partial charge in [0.2, 0.25) is 0 Å². The van der Waals surface area contributed by atoms with Crippen molar-refractivity contribution in [3.05, 3.63) is 47.5 Å². The van der Waals surface area contributed by atoms with Gasteiger partial charge < -0.3 is 14.6 Å². The normalized spacial score (nSPS) is 15.2. The van der Waals surface area contributed by atoms with Crippen LogP contribution in [0.1, 0.15) is 22.9 Å². The quantitative estimate of drug-likeness (QED) is 0.891. The fourth-order valence-corrected chi connectivity index (χ4v) is 2.45. The molecule has 0 saturated carbocycles. The summed E-state index contributed by atoms with van der Waals surface area (Å²) in [4.78, 5) is 4.43. The van der Waals surface area contributed by atoms with E-state index in [1.807, 2.05) is 31.2 Å². The Morgan fingerprint density at radius 3 is 3.06 bits per heavy atom. The van der Waals surface area contributed by atoms with Gasteiger partial charge in [-0.2, -0.15) is 0 Å². The molecule has 1 N–H and O–H groups in total. The number of aryl methyl sites for hydroxylation is 1. The van der Waals surface area contributed by atoms with Crippen LogP contribution in [0.2, 0.25) is 0 Å². The highest BCUT2D eigenvalue weighted by Gasteiger charge is 2.18. The van der Waals surface area contributed by atoms with Crippen molar-refractivity contribution in [2.45, 2.75) is 12.5 Å². The number of rotatable bonds is 3. The van der Waals surface area contributed by atoms with Gasteiger partial charge in [0, 0.05) is 19.7 Å². The van der Waals surface area contributed by atoms with Gasteiger partial charge in [-0.05, 0) is 24.2 Å². The molecule has 1 unspecified atom stereocenters. The second-order valence-corrected chi connectivity index (χ2v) is 4.65. The van der Waals surface area contributed by atoms with Crippen LogP contribution in [0, 0.1) is 0 Å². The third kappa shape index (κ3) is 1.88. The monoisotopic (exact) mass is 243 g/mol. The van der Waals surface area contributed by atoms with Crippen LogP contribution in [0.5, 0.6) is 5.75 Å². The third-order valence-electron chi connectivity index (χ3n) is 3.36. The number of ether oxygens (including phenoxy) is 1. The standard InChI is InChI=1S/C14H17N3O/c1-15-14(12-8-17(2)9-16-12)11-3-4-13-10(7-11)5-6-18-13/h3-4,7-9,14-15H,5-6H2,1-2H3. The second-order valence-electron chi connectivity index (χ2n) is 4.65. The largest absolute Gasteiger partial charge is 0.493 e. The summed E-state index contributed by atoms with van der Waals surface area (Å²) in [6.07, 6.45) is 4.88. The summed E-state index contributed by atoms with van der Waals surface area (Å²) in [6.45, 7) is 0.798. The molecule has 0 amide bonds. The lowest BCUT2D eigenvalue weighted by molar-refractivity contribution is 0.357. The molecular weight excluding hydrogens is 226 g/mol. The smallest absolute Gasteiger partial charge is 0.122 e. The van der Waals surface area contributed by atoms with Crippen molar-refractivity contribution in [2.75, 3.05) is 13.7 Å². The Hall–Kier alpha value is -1.81. The van der Waals surface area contributed by atoms with Crippen LogP contribution in [0.25, 0.3) is 0 Å². The van der Waals surface area contributed by atoms with E-state index in [4.69, 9.17) is 4.74 Å². The summed E-state index contributed by atoms with van der Waals surface area (Å²) in [5.41, 5.74) is 3.57. The summed E-state index contributed by atoms with van der Waals surface area (Å²) in [5, 5.41) is 3.32. The lowest BCUT2D eigenvalue weighted by Crippen LogP contribution is -2.18. The number of hydrogen-bond donors (Lipinski definition) is 1. The maximum atomic E-state index is 5.54. The maximum Gasteiger partial charge on any atom is 0.122 e. The molecule has 0 spiro atoms. The van der Waals surface area contributed by atoms with Crippen LogP contribution >= 0.6 is 0 Å². The van der Waals surface area contributed by atoms with E-state index >= 15 is 0 Å². The number of aromatic nitrogens is 2. The van der Waals surface area contributed by atoms with Gasteiger partial charge in [0.15, 0.2) is 0 Å². The first-order valence-electron chi connectivity index (χ1n) is 6.18. The Bertz CT molecular complexity index is 562. The lowest BCUT2D eigenvalue weighted by Gasteiger charge is -2.15. The van der Waals surface area contributed by atoms with E-state index < -0.39 is 0 Å². The summed E-state index contributed by atoms with van der Waals surface area (Å²) < 4.78 is 7.50. The molecule has 0 bridgehead atoms. The zero-order chi connectivity index (χ0) is 12.5. The first-order chi connectivity index (χ1) is 8.78. The number of hydrogen-bond acceptors (Lipinski definition) is 3. The zero-order valence-electron chi connectivity index (χ0n) is 10.7. The van der Waals surface area contributed by atoms with Gasteiger partial charge in [-0.1, -0.05) is 12.1 Å². The molecule has 2 aromatic rings. The highest BCUT2D eigenvalue weighted by Crippen LogP contribution is 2.29. The zero-order valence-corrected chi connectivity index (χ0v) is 10.7. The van der Waals surface area contributed by atoms with Crippen LogP contribution in [-0.2, 0) is 13.5 Å². The van der Waals surface area contributed by atoms with E-state index in [1.165, 1.54) is 11.1 Å². The van der Waals surface area contributed by atoms with Gasteiger partial charge in [0.25, 0.3) is 0 Å². The minimum absolute atomic E-state index is 0.136. The molecule has 4 heteroatoms. The van der Waals surface area contributed by atoms with Crippen molar-refractivity contribution in [2.24, 2.45) is 7.05 Å². The van der Waals surface area contributed by atoms with Crippen molar-refractivity contribution < 1.29 is 4.74 Å². The van der Waals surface area contributed by atoms with Gasteiger partial charge in [-0.15, -0.1) is 0 Å². The van der Waals surface area contributed by atoms with E-state index in [9.17, 15) is 0 Å². The molecule has 0 aliphatic carbocycles. The number of imidazole rings is 1. The summed E-state index contributed by atoms with van der Waals surface area (Å²) >= 11 is 0. The highest BCUT2D eigenvalue weighted by molar-refractivity contribution is 5.42. The Morgan fingerprint density at radius 1 is 1.44 bits per heavy atom. The Labute approximate surface area is 107 Å². The average molecular weight is 243 g/mol.